The van der Waals surface area contributed by atoms with E-state index in [0.717, 1.165) is 17.5 Å². The summed E-state index contributed by atoms with van der Waals surface area (Å²) in [7, 11) is 0. The number of ether oxygens (including phenoxy) is 1. The minimum absolute atomic E-state index is 0.0532. The number of aryl methyl sites for hydroxylation is 1. The first-order valence-electron chi connectivity index (χ1n) is 6.23. The van der Waals surface area contributed by atoms with Crippen molar-refractivity contribution < 1.29 is 9.66 Å². The van der Waals surface area contributed by atoms with Crippen LogP contribution in [-0.2, 0) is 13.0 Å². The van der Waals surface area contributed by atoms with E-state index in [1.165, 1.54) is 12.3 Å². The Kier molecular flexibility index (Phi) is 4.27. The monoisotopic (exact) mass is 273 g/mol. The fraction of sp³-hybridized carbons (Fsp3) is 0.214. The molecule has 0 saturated carbocycles. The maximum Gasteiger partial charge on any atom is 0.311 e. The Morgan fingerprint density at radius 2 is 2.10 bits per heavy atom. The fourth-order valence-electron chi connectivity index (χ4n) is 1.77. The second-order valence-electron chi connectivity index (χ2n) is 4.25. The first-order chi connectivity index (χ1) is 9.63. The van der Waals surface area contributed by atoms with Gasteiger partial charge in [-0.15, -0.1) is 0 Å². The van der Waals surface area contributed by atoms with E-state index >= 15 is 0 Å². The topological polar surface area (TPSA) is 91.3 Å². The number of rotatable bonds is 5. The van der Waals surface area contributed by atoms with Crippen molar-refractivity contribution in [2.45, 2.75) is 19.9 Å². The van der Waals surface area contributed by atoms with Crippen molar-refractivity contribution >= 4 is 5.69 Å². The average Bonchev–Trinajstić information content (AvgIpc) is 2.47. The highest BCUT2D eigenvalue weighted by Crippen LogP contribution is 2.32. The van der Waals surface area contributed by atoms with E-state index in [4.69, 9.17) is 10.5 Å². The molecule has 0 radical (unpaired) electrons. The number of benzene rings is 1. The Morgan fingerprint density at radius 1 is 1.30 bits per heavy atom. The third-order valence-corrected chi connectivity index (χ3v) is 2.86. The number of nitro benzene ring substituents is 1. The molecule has 0 bridgehead atoms. The Balaban J connectivity index is 2.34. The van der Waals surface area contributed by atoms with Gasteiger partial charge in [0.15, 0.2) is 0 Å². The average molecular weight is 273 g/mol. The van der Waals surface area contributed by atoms with E-state index in [0.29, 0.717) is 12.3 Å². The van der Waals surface area contributed by atoms with Crippen molar-refractivity contribution in [3.8, 4) is 11.5 Å². The van der Waals surface area contributed by atoms with Crippen molar-refractivity contribution in [2.75, 3.05) is 0 Å². The fourth-order valence-corrected chi connectivity index (χ4v) is 1.77. The quantitative estimate of drug-likeness (QED) is 0.668. The summed E-state index contributed by atoms with van der Waals surface area (Å²) in [6.07, 6.45) is 3.85. The molecule has 0 aliphatic rings. The van der Waals surface area contributed by atoms with Gasteiger partial charge in [-0.05, 0) is 29.7 Å². The summed E-state index contributed by atoms with van der Waals surface area (Å²) in [4.78, 5) is 14.6. The lowest BCUT2D eigenvalue weighted by atomic mass is 10.1. The summed E-state index contributed by atoms with van der Waals surface area (Å²) in [6.45, 7) is 2.27. The molecule has 2 aromatic rings. The van der Waals surface area contributed by atoms with E-state index in [-0.39, 0.29) is 11.4 Å². The number of pyridine rings is 1. The maximum atomic E-state index is 11.1. The van der Waals surface area contributed by atoms with Crippen LogP contribution < -0.4 is 10.5 Å². The number of hydrogen-bond donors (Lipinski definition) is 1. The standard InChI is InChI=1S/C14H15N3O3/c1-2-10-3-4-14(13(6-10)17(18)19)20-12-5-11(7-15)8-16-9-12/h3-6,8-9H,2,7,15H2,1H3. The SMILES string of the molecule is CCc1ccc(Oc2cncc(CN)c2)c([N+](=O)[O-])c1. The van der Waals surface area contributed by atoms with Crippen LogP contribution in [0.1, 0.15) is 18.1 Å². The van der Waals surface area contributed by atoms with Gasteiger partial charge in [0.1, 0.15) is 5.75 Å². The number of aromatic nitrogens is 1. The zero-order valence-electron chi connectivity index (χ0n) is 11.1. The Hall–Kier alpha value is -2.47. The van der Waals surface area contributed by atoms with E-state index in [1.807, 2.05) is 13.0 Å². The van der Waals surface area contributed by atoms with Crippen LogP contribution in [0.5, 0.6) is 11.5 Å². The van der Waals surface area contributed by atoms with Gasteiger partial charge in [0.2, 0.25) is 5.75 Å². The van der Waals surface area contributed by atoms with E-state index in [2.05, 4.69) is 4.98 Å². The summed E-state index contributed by atoms with van der Waals surface area (Å²) in [5, 5.41) is 11.1. The van der Waals surface area contributed by atoms with Crippen LogP contribution >= 0.6 is 0 Å². The Morgan fingerprint density at radius 3 is 2.75 bits per heavy atom. The van der Waals surface area contributed by atoms with Crippen LogP contribution in [0.3, 0.4) is 0 Å². The third-order valence-electron chi connectivity index (χ3n) is 2.86. The molecule has 1 heterocycles. The number of hydrogen-bond acceptors (Lipinski definition) is 5. The van der Waals surface area contributed by atoms with Crippen LogP contribution in [0.15, 0.2) is 36.7 Å². The molecule has 6 nitrogen and oxygen atoms in total. The molecule has 0 fully saturated rings. The third kappa shape index (κ3) is 3.10. The molecular weight excluding hydrogens is 258 g/mol. The highest BCUT2D eigenvalue weighted by atomic mass is 16.6. The van der Waals surface area contributed by atoms with E-state index in [9.17, 15) is 10.1 Å². The van der Waals surface area contributed by atoms with Gasteiger partial charge in [-0.3, -0.25) is 15.1 Å². The lowest BCUT2D eigenvalue weighted by Gasteiger charge is -2.08. The lowest BCUT2D eigenvalue weighted by Crippen LogP contribution is -1.98. The van der Waals surface area contributed by atoms with Gasteiger partial charge >= 0.3 is 5.69 Å². The van der Waals surface area contributed by atoms with Crippen LogP contribution in [0, 0.1) is 10.1 Å². The van der Waals surface area contributed by atoms with Crippen LogP contribution in [0.25, 0.3) is 0 Å². The summed E-state index contributed by atoms with van der Waals surface area (Å²) >= 11 is 0. The molecule has 2 N–H and O–H groups in total. The number of nitro groups is 1. The van der Waals surface area contributed by atoms with Gasteiger partial charge in [-0.25, -0.2) is 0 Å². The Bertz CT molecular complexity index is 629. The zero-order chi connectivity index (χ0) is 14.5. The first kappa shape index (κ1) is 14.0. The molecule has 104 valence electrons. The smallest absolute Gasteiger partial charge is 0.311 e. The molecule has 0 spiro atoms. The normalized spacial score (nSPS) is 10.3. The summed E-state index contributed by atoms with van der Waals surface area (Å²) in [6, 6.07) is 6.65. The zero-order valence-corrected chi connectivity index (χ0v) is 11.1. The van der Waals surface area contributed by atoms with Gasteiger partial charge in [-0.1, -0.05) is 13.0 Å². The van der Waals surface area contributed by atoms with Gasteiger partial charge in [0.25, 0.3) is 0 Å². The highest BCUT2D eigenvalue weighted by Gasteiger charge is 2.16. The van der Waals surface area contributed by atoms with Crippen LogP contribution in [-0.4, -0.2) is 9.91 Å². The van der Waals surface area contributed by atoms with Crippen molar-refractivity contribution in [3.63, 3.8) is 0 Å². The van der Waals surface area contributed by atoms with E-state index in [1.54, 1.807) is 18.3 Å². The van der Waals surface area contributed by atoms with E-state index < -0.39 is 4.92 Å². The summed E-state index contributed by atoms with van der Waals surface area (Å²) in [5.74, 6) is 0.628. The van der Waals surface area contributed by atoms with Gasteiger partial charge in [-0.2, -0.15) is 0 Å². The highest BCUT2D eigenvalue weighted by molar-refractivity contribution is 5.50. The van der Waals surface area contributed by atoms with Crippen LogP contribution in [0.2, 0.25) is 0 Å². The predicted octanol–water partition coefficient (Wildman–Crippen LogP) is 2.80. The largest absolute Gasteiger partial charge is 0.448 e. The summed E-state index contributed by atoms with van der Waals surface area (Å²) < 4.78 is 5.55. The molecule has 6 heteroatoms. The molecule has 0 amide bonds. The molecule has 1 aromatic carbocycles. The van der Waals surface area contributed by atoms with Crippen molar-refractivity contribution in [2.24, 2.45) is 5.73 Å². The van der Waals surface area contributed by atoms with Gasteiger partial charge in [0, 0.05) is 18.8 Å². The maximum absolute atomic E-state index is 11.1. The molecule has 0 aliphatic heterocycles. The summed E-state index contributed by atoms with van der Waals surface area (Å²) in [5.41, 5.74) is 7.16. The molecule has 1 aromatic heterocycles. The second kappa shape index (κ2) is 6.12. The Labute approximate surface area is 116 Å². The molecule has 20 heavy (non-hydrogen) atoms. The minimum Gasteiger partial charge on any atom is -0.448 e. The van der Waals surface area contributed by atoms with Gasteiger partial charge in [0.05, 0.1) is 11.1 Å². The molecule has 2 rings (SSSR count). The van der Waals surface area contributed by atoms with Crippen molar-refractivity contribution in [1.82, 2.24) is 4.98 Å². The van der Waals surface area contributed by atoms with Crippen molar-refractivity contribution in [1.29, 1.82) is 0 Å². The molecule has 0 aliphatic carbocycles. The van der Waals surface area contributed by atoms with Crippen molar-refractivity contribution in [3.05, 3.63) is 57.9 Å². The van der Waals surface area contributed by atoms with Crippen LogP contribution in [0.4, 0.5) is 5.69 Å². The first-order valence-corrected chi connectivity index (χ1v) is 6.23. The van der Waals surface area contributed by atoms with Gasteiger partial charge < -0.3 is 10.5 Å². The molecule has 0 unspecified atom stereocenters. The number of nitrogens with two attached hydrogens (primary N) is 1. The minimum atomic E-state index is -0.450. The molecular formula is C14H15N3O3. The number of nitrogens with zero attached hydrogens (tertiary/aromatic N) is 2. The lowest BCUT2D eigenvalue weighted by molar-refractivity contribution is -0.385. The second-order valence-corrected chi connectivity index (χ2v) is 4.25. The molecule has 0 saturated heterocycles. The predicted molar refractivity (Wildman–Crippen MR) is 74.7 cm³/mol. The molecule has 0 atom stereocenters.